The Labute approximate surface area is 189 Å². The van der Waals surface area contributed by atoms with Gasteiger partial charge in [0.1, 0.15) is 0 Å². The third kappa shape index (κ3) is 7.20. The third-order valence-electron chi connectivity index (χ3n) is 5.52. The lowest BCUT2D eigenvalue weighted by Gasteiger charge is -2.23. The van der Waals surface area contributed by atoms with Crippen molar-refractivity contribution in [2.24, 2.45) is 5.92 Å². The van der Waals surface area contributed by atoms with E-state index in [-0.39, 0.29) is 36.9 Å². The van der Waals surface area contributed by atoms with E-state index in [0.29, 0.717) is 23.8 Å². The van der Waals surface area contributed by atoms with E-state index in [1.165, 1.54) is 12.5 Å². The largest absolute Gasteiger partial charge is 0.348 e. The number of carbonyl (C=O) groups is 3. The van der Waals surface area contributed by atoms with Crippen molar-refractivity contribution in [1.82, 2.24) is 10.2 Å². The van der Waals surface area contributed by atoms with Gasteiger partial charge in [0.05, 0.1) is 19.1 Å². The standard InChI is InChI=1S/C25H32N4O3/c1-4-29(15-23(31)27-22-13-11-21(12-14-22)26-18(3)30)16-24(32)28-25(20-9-10-20)19-7-5-17(2)6-8-19/h5-8,11-14,20,25H,4,9-10,15-16H2,1-3H3,(H,26,30)(H,27,31)(H,28,32). The lowest BCUT2D eigenvalue weighted by atomic mass is 10.0. The van der Waals surface area contributed by atoms with E-state index in [9.17, 15) is 14.4 Å². The highest BCUT2D eigenvalue weighted by Crippen LogP contribution is 2.41. The molecule has 7 heteroatoms. The van der Waals surface area contributed by atoms with E-state index in [2.05, 4.69) is 47.1 Å². The maximum Gasteiger partial charge on any atom is 0.238 e. The summed E-state index contributed by atoms with van der Waals surface area (Å²) in [6, 6.07) is 15.3. The maximum absolute atomic E-state index is 12.7. The zero-order chi connectivity index (χ0) is 23.1. The number of amides is 3. The van der Waals surface area contributed by atoms with Crippen LogP contribution in [0.4, 0.5) is 11.4 Å². The van der Waals surface area contributed by atoms with Crippen LogP contribution in [-0.4, -0.2) is 42.3 Å². The Bertz CT molecular complexity index is 937. The summed E-state index contributed by atoms with van der Waals surface area (Å²) in [4.78, 5) is 38.1. The number of carbonyl (C=O) groups excluding carboxylic acids is 3. The molecule has 1 aliphatic carbocycles. The molecule has 1 fully saturated rings. The van der Waals surface area contributed by atoms with Gasteiger partial charge in [0.15, 0.2) is 0 Å². The zero-order valence-electron chi connectivity index (χ0n) is 19.0. The topological polar surface area (TPSA) is 90.5 Å². The SMILES string of the molecule is CCN(CC(=O)Nc1ccc(NC(C)=O)cc1)CC(=O)NC(c1ccc(C)cc1)C1CC1. The number of nitrogens with one attached hydrogen (secondary N) is 3. The van der Waals surface area contributed by atoms with Gasteiger partial charge < -0.3 is 16.0 Å². The van der Waals surface area contributed by atoms with Crippen LogP contribution >= 0.6 is 0 Å². The van der Waals surface area contributed by atoms with Gasteiger partial charge in [0.25, 0.3) is 0 Å². The van der Waals surface area contributed by atoms with Gasteiger partial charge >= 0.3 is 0 Å². The van der Waals surface area contributed by atoms with Gasteiger partial charge in [-0.3, -0.25) is 19.3 Å². The summed E-state index contributed by atoms with van der Waals surface area (Å²) in [6.07, 6.45) is 2.25. The van der Waals surface area contributed by atoms with Gasteiger partial charge in [-0.1, -0.05) is 36.8 Å². The molecule has 0 radical (unpaired) electrons. The number of benzene rings is 2. The second kappa shape index (κ2) is 10.9. The van der Waals surface area contributed by atoms with Gasteiger partial charge in [-0.2, -0.15) is 0 Å². The first-order valence-corrected chi connectivity index (χ1v) is 11.1. The molecule has 0 aliphatic heterocycles. The van der Waals surface area contributed by atoms with Crippen LogP contribution in [0.3, 0.4) is 0 Å². The number of hydrogen-bond donors (Lipinski definition) is 3. The Kier molecular flexibility index (Phi) is 8.00. The van der Waals surface area contributed by atoms with E-state index in [0.717, 1.165) is 18.4 Å². The molecule has 0 bridgehead atoms. The fraction of sp³-hybridized carbons (Fsp3) is 0.400. The lowest BCUT2D eigenvalue weighted by molar-refractivity contribution is -0.124. The van der Waals surface area contributed by atoms with Gasteiger partial charge in [0.2, 0.25) is 17.7 Å². The van der Waals surface area contributed by atoms with Gasteiger partial charge in [-0.15, -0.1) is 0 Å². The molecule has 0 saturated heterocycles. The minimum Gasteiger partial charge on any atom is -0.348 e. The number of anilines is 2. The minimum atomic E-state index is -0.191. The number of likely N-dealkylation sites (N-methyl/N-ethyl adjacent to an activating group) is 1. The van der Waals surface area contributed by atoms with Crippen molar-refractivity contribution in [3.8, 4) is 0 Å². The predicted molar refractivity (Wildman–Crippen MR) is 126 cm³/mol. The van der Waals surface area contributed by atoms with Crippen molar-refractivity contribution in [2.75, 3.05) is 30.3 Å². The summed E-state index contributed by atoms with van der Waals surface area (Å²) >= 11 is 0. The van der Waals surface area contributed by atoms with Crippen LogP contribution in [0, 0.1) is 12.8 Å². The van der Waals surface area contributed by atoms with E-state index >= 15 is 0 Å². The second-order valence-electron chi connectivity index (χ2n) is 8.40. The molecular formula is C25H32N4O3. The Morgan fingerprint density at radius 1 is 0.906 bits per heavy atom. The van der Waals surface area contributed by atoms with E-state index in [1.54, 1.807) is 24.3 Å². The highest BCUT2D eigenvalue weighted by molar-refractivity contribution is 5.93. The lowest BCUT2D eigenvalue weighted by Crippen LogP contribution is -2.42. The summed E-state index contributed by atoms with van der Waals surface area (Å²) in [5, 5.41) is 8.70. The molecular weight excluding hydrogens is 404 g/mol. The fourth-order valence-electron chi connectivity index (χ4n) is 3.62. The Balaban J connectivity index is 1.51. The van der Waals surface area contributed by atoms with Crippen molar-refractivity contribution in [2.45, 2.75) is 39.7 Å². The van der Waals surface area contributed by atoms with Crippen LogP contribution in [-0.2, 0) is 14.4 Å². The number of nitrogens with zero attached hydrogens (tertiary/aromatic N) is 1. The molecule has 2 aromatic rings. The van der Waals surface area contributed by atoms with Gasteiger partial charge in [-0.25, -0.2) is 0 Å². The Morgan fingerprint density at radius 3 is 2.00 bits per heavy atom. The third-order valence-corrected chi connectivity index (χ3v) is 5.52. The van der Waals surface area contributed by atoms with E-state index in [4.69, 9.17) is 0 Å². The zero-order valence-corrected chi connectivity index (χ0v) is 19.0. The predicted octanol–water partition coefficient (Wildman–Crippen LogP) is 3.48. The smallest absolute Gasteiger partial charge is 0.238 e. The van der Waals surface area contributed by atoms with E-state index < -0.39 is 0 Å². The molecule has 0 heterocycles. The Morgan fingerprint density at radius 2 is 1.47 bits per heavy atom. The normalized spacial score (nSPS) is 14.0. The first kappa shape index (κ1) is 23.5. The van der Waals surface area contributed by atoms with Crippen LogP contribution in [0.15, 0.2) is 48.5 Å². The highest BCUT2D eigenvalue weighted by atomic mass is 16.2. The van der Waals surface area contributed by atoms with Crippen molar-refractivity contribution in [1.29, 1.82) is 0 Å². The van der Waals surface area contributed by atoms with Gasteiger partial charge in [-0.05, 0) is 62.1 Å². The molecule has 170 valence electrons. The average molecular weight is 437 g/mol. The summed E-state index contributed by atoms with van der Waals surface area (Å²) < 4.78 is 0. The molecule has 1 saturated carbocycles. The summed E-state index contributed by atoms with van der Waals surface area (Å²) in [5.41, 5.74) is 3.64. The molecule has 7 nitrogen and oxygen atoms in total. The average Bonchev–Trinajstić information content (AvgIpc) is 3.58. The summed E-state index contributed by atoms with van der Waals surface area (Å²) in [6.45, 7) is 6.30. The first-order chi connectivity index (χ1) is 15.3. The first-order valence-electron chi connectivity index (χ1n) is 11.1. The monoisotopic (exact) mass is 436 g/mol. The Hall–Kier alpha value is -3.19. The maximum atomic E-state index is 12.7. The second-order valence-corrected chi connectivity index (χ2v) is 8.40. The quantitative estimate of drug-likeness (QED) is 0.532. The number of aryl methyl sites for hydroxylation is 1. The molecule has 1 unspecified atom stereocenters. The van der Waals surface area contributed by atoms with Crippen molar-refractivity contribution >= 4 is 29.1 Å². The molecule has 0 spiro atoms. The molecule has 3 amide bonds. The molecule has 2 aromatic carbocycles. The van der Waals surface area contributed by atoms with Crippen LogP contribution in [0.25, 0.3) is 0 Å². The molecule has 3 rings (SSSR count). The molecule has 0 aromatic heterocycles. The van der Waals surface area contributed by atoms with Crippen LogP contribution in [0.2, 0.25) is 0 Å². The molecule has 1 aliphatic rings. The summed E-state index contributed by atoms with van der Waals surface area (Å²) in [5.74, 6) is 0.0754. The van der Waals surface area contributed by atoms with Crippen molar-refractivity contribution in [3.05, 3.63) is 59.7 Å². The van der Waals surface area contributed by atoms with Crippen LogP contribution in [0.5, 0.6) is 0 Å². The minimum absolute atomic E-state index is 0.0257. The number of rotatable bonds is 10. The highest BCUT2D eigenvalue weighted by Gasteiger charge is 2.33. The van der Waals surface area contributed by atoms with Crippen molar-refractivity contribution < 1.29 is 14.4 Å². The molecule has 32 heavy (non-hydrogen) atoms. The number of hydrogen-bond acceptors (Lipinski definition) is 4. The van der Waals surface area contributed by atoms with E-state index in [1.807, 2.05) is 11.8 Å². The van der Waals surface area contributed by atoms with Gasteiger partial charge in [0, 0.05) is 18.3 Å². The van der Waals surface area contributed by atoms with Crippen molar-refractivity contribution in [3.63, 3.8) is 0 Å². The fourth-order valence-corrected chi connectivity index (χ4v) is 3.62. The van der Waals surface area contributed by atoms with Crippen LogP contribution < -0.4 is 16.0 Å². The molecule has 3 N–H and O–H groups in total. The molecule has 1 atom stereocenters. The van der Waals surface area contributed by atoms with Crippen LogP contribution in [0.1, 0.15) is 43.9 Å². The summed E-state index contributed by atoms with van der Waals surface area (Å²) in [7, 11) is 0.